The van der Waals surface area contributed by atoms with Crippen molar-refractivity contribution >= 4 is 0 Å². The molecule has 1 aromatic carbocycles. The molecule has 2 rings (SSSR count). The highest BCUT2D eigenvalue weighted by molar-refractivity contribution is 5.15. The van der Waals surface area contributed by atoms with E-state index in [1.54, 1.807) is 0 Å². The third kappa shape index (κ3) is 2.39. The van der Waals surface area contributed by atoms with E-state index < -0.39 is 0 Å². The first kappa shape index (κ1) is 8.88. The lowest BCUT2D eigenvalue weighted by Crippen LogP contribution is -2.18. The number of nitrogens with zero attached hydrogens (tertiary/aromatic N) is 1. The minimum atomic E-state index is 1.03. The summed E-state index contributed by atoms with van der Waals surface area (Å²) >= 11 is 0. The van der Waals surface area contributed by atoms with Crippen LogP contribution in [0.25, 0.3) is 0 Å². The molecule has 0 fully saturated rings. The van der Waals surface area contributed by atoms with Crippen molar-refractivity contribution in [1.29, 1.82) is 0 Å². The largest absolute Gasteiger partial charge is 0.365 e. The molecule has 0 spiro atoms. The number of hydrogen-bond acceptors (Lipinski definition) is 2. The summed E-state index contributed by atoms with van der Waals surface area (Å²) in [5, 5.41) is 3.01. The minimum Gasteiger partial charge on any atom is -0.365 e. The van der Waals surface area contributed by atoms with Gasteiger partial charge in [-0.3, -0.25) is 0 Å². The smallest absolute Gasteiger partial charge is 0.0261 e. The highest BCUT2D eigenvalue weighted by Gasteiger charge is 1.97. The van der Waals surface area contributed by atoms with Crippen molar-refractivity contribution in [2.24, 2.45) is 0 Å². The van der Waals surface area contributed by atoms with Gasteiger partial charge in [-0.25, -0.2) is 0 Å². The average molecular weight is 186 g/mol. The van der Waals surface area contributed by atoms with Crippen molar-refractivity contribution in [3.05, 3.63) is 60.7 Å². The molecular weight excluding hydrogens is 172 g/mol. The van der Waals surface area contributed by atoms with Crippen LogP contribution in [-0.4, -0.2) is 11.4 Å². The van der Waals surface area contributed by atoms with Gasteiger partial charge in [0, 0.05) is 31.3 Å². The van der Waals surface area contributed by atoms with Gasteiger partial charge in [0.15, 0.2) is 0 Å². The van der Waals surface area contributed by atoms with Gasteiger partial charge in [-0.15, -0.1) is 0 Å². The molecule has 1 aromatic rings. The van der Waals surface area contributed by atoms with E-state index in [4.69, 9.17) is 0 Å². The van der Waals surface area contributed by atoms with Crippen LogP contribution in [0.4, 0.5) is 0 Å². The minimum absolute atomic E-state index is 1.03. The second kappa shape index (κ2) is 4.51. The predicted molar refractivity (Wildman–Crippen MR) is 58.3 cm³/mol. The fourth-order valence-corrected chi connectivity index (χ4v) is 1.43. The van der Waals surface area contributed by atoms with Crippen LogP contribution in [0.3, 0.4) is 0 Å². The molecule has 2 heteroatoms. The summed E-state index contributed by atoms with van der Waals surface area (Å²) < 4.78 is 0. The first-order valence-corrected chi connectivity index (χ1v) is 4.84. The molecule has 0 atom stereocenters. The number of benzene rings is 1. The molecule has 1 heterocycles. The SMILES string of the molecule is C1=CN(CCc2ccccc2)C=CN1. The van der Waals surface area contributed by atoms with Gasteiger partial charge < -0.3 is 10.2 Å². The molecule has 0 aliphatic carbocycles. The van der Waals surface area contributed by atoms with E-state index in [2.05, 4.69) is 34.5 Å². The van der Waals surface area contributed by atoms with Crippen LogP contribution in [0, 0.1) is 0 Å². The Labute approximate surface area is 84.5 Å². The molecule has 0 saturated carbocycles. The molecule has 1 N–H and O–H groups in total. The fraction of sp³-hybridized carbons (Fsp3) is 0.167. The summed E-state index contributed by atoms with van der Waals surface area (Å²) in [5.74, 6) is 0. The van der Waals surface area contributed by atoms with E-state index >= 15 is 0 Å². The van der Waals surface area contributed by atoms with E-state index in [0.717, 1.165) is 13.0 Å². The van der Waals surface area contributed by atoms with Crippen molar-refractivity contribution in [3.8, 4) is 0 Å². The fourth-order valence-electron chi connectivity index (χ4n) is 1.43. The summed E-state index contributed by atoms with van der Waals surface area (Å²) in [5.41, 5.74) is 1.38. The lowest BCUT2D eigenvalue weighted by Gasteiger charge is -2.17. The van der Waals surface area contributed by atoms with Crippen LogP contribution in [0.2, 0.25) is 0 Å². The lowest BCUT2D eigenvalue weighted by molar-refractivity contribution is 0.497. The normalized spacial score (nSPS) is 14.1. The molecular formula is C12H14N2. The van der Waals surface area contributed by atoms with Crippen molar-refractivity contribution in [1.82, 2.24) is 10.2 Å². The molecule has 0 unspecified atom stereocenters. The third-order valence-corrected chi connectivity index (χ3v) is 2.23. The number of hydrogen-bond donors (Lipinski definition) is 1. The molecule has 14 heavy (non-hydrogen) atoms. The predicted octanol–water partition coefficient (Wildman–Crippen LogP) is 2.08. The summed E-state index contributed by atoms with van der Waals surface area (Å²) in [6.45, 7) is 1.03. The van der Waals surface area contributed by atoms with E-state index in [0.29, 0.717) is 0 Å². The summed E-state index contributed by atoms with van der Waals surface area (Å²) in [7, 11) is 0. The van der Waals surface area contributed by atoms with E-state index in [1.165, 1.54) is 5.56 Å². The molecule has 0 aromatic heterocycles. The monoisotopic (exact) mass is 186 g/mol. The quantitative estimate of drug-likeness (QED) is 0.777. The summed E-state index contributed by atoms with van der Waals surface area (Å²) in [4.78, 5) is 2.17. The second-order valence-electron chi connectivity index (χ2n) is 3.27. The molecule has 0 saturated heterocycles. The maximum absolute atomic E-state index is 3.01. The summed E-state index contributed by atoms with van der Waals surface area (Å²) in [6.07, 6.45) is 9.04. The first-order chi connectivity index (χ1) is 6.95. The number of nitrogens with one attached hydrogen (secondary N) is 1. The molecule has 72 valence electrons. The molecule has 2 nitrogen and oxygen atoms in total. The van der Waals surface area contributed by atoms with Crippen LogP contribution < -0.4 is 5.32 Å². The zero-order chi connectivity index (χ0) is 9.64. The van der Waals surface area contributed by atoms with Gasteiger partial charge in [0.2, 0.25) is 0 Å². The van der Waals surface area contributed by atoms with E-state index in [-0.39, 0.29) is 0 Å². The average Bonchev–Trinajstić information content (AvgIpc) is 2.29. The van der Waals surface area contributed by atoms with Crippen LogP contribution in [0.15, 0.2) is 55.1 Å². The van der Waals surface area contributed by atoms with Gasteiger partial charge in [0.25, 0.3) is 0 Å². The lowest BCUT2D eigenvalue weighted by atomic mass is 10.1. The van der Waals surface area contributed by atoms with Gasteiger partial charge in [0.1, 0.15) is 0 Å². The van der Waals surface area contributed by atoms with Gasteiger partial charge >= 0.3 is 0 Å². The second-order valence-corrected chi connectivity index (χ2v) is 3.27. The van der Waals surface area contributed by atoms with Crippen LogP contribution in [-0.2, 0) is 6.42 Å². The zero-order valence-corrected chi connectivity index (χ0v) is 8.06. The Morgan fingerprint density at radius 1 is 1.00 bits per heavy atom. The maximum atomic E-state index is 3.01. The Morgan fingerprint density at radius 3 is 2.43 bits per heavy atom. The van der Waals surface area contributed by atoms with E-state index in [1.807, 2.05) is 30.9 Å². The van der Waals surface area contributed by atoms with Gasteiger partial charge in [-0.05, 0) is 12.0 Å². The Balaban J connectivity index is 1.85. The standard InChI is InChI=1S/C12H14N2/c1-2-4-12(5-3-1)6-9-14-10-7-13-8-11-14/h1-5,7-8,10-11,13H,6,9H2. The van der Waals surface area contributed by atoms with Crippen LogP contribution in [0.1, 0.15) is 5.56 Å². The van der Waals surface area contributed by atoms with Crippen LogP contribution >= 0.6 is 0 Å². The summed E-state index contributed by atoms with van der Waals surface area (Å²) in [6, 6.07) is 10.5. The highest BCUT2D eigenvalue weighted by atomic mass is 15.1. The Kier molecular flexibility index (Phi) is 2.86. The highest BCUT2D eigenvalue weighted by Crippen LogP contribution is 2.03. The topological polar surface area (TPSA) is 15.3 Å². The van der Waals surface area contributed by atoms with Crippen LogP contribution in [0.5, 0.6) is 0 Å². The molecule has 0 radical (unpaired) electrons. The van der Waals surface area contributed by atoms with Gasteiger partial charge in [-0.1, -0.05) is 30.3 Å². The van der Waals surface area contributed by atoms with Crippen molar-refractivity contribution < 1.29 is 0 Å². The van der Waals surface area contributed by atoms with Crippen molar-refractivity contribution in [2.75, 3.05) is 6.54 Å². The molecule has 1 aliphatic rings. The Morgan fingerprint density at radius 2 is 1.71 bits per heavy atom. The van der Waals surface area contributed by atoms with Gasteiger partial charge in [-0.2, -0.15) is 0 Å². The Hall–Kier alpha value is -1.70. The zero-order valence-electron chi connectivity index (χ0n) is 8.06. The first-order valence-electron chi connectivity index (χ1n) is 4.84. The maximum Gasteiger partial charge on any atom is 0.0261 e. The Bertz CT molecular complexity index is 315. The molecule has 1 aliphatic heterocycles. The van der Waals surface area contributed by atoms with Gasteiger partial charge in [0.05, 0.1) is 0 Å². The third-order valence-electron chi connectivity index (χ3n) is 2.23. The molecule has 0 amide bonds. The molecule has 0 bridgehead atoms. The number of rotatable bonds is 3. The van der Waals surface area contributed by atoms with E-state index in [9.17, 15) is 0 Å². The van der Waals surface area contributed by atoms with Crippen molar-refractivity contribution in [3.63, 3.8) is 0 Å². The van der Waals surface area contributed by atoms with Crippen molar-refractivity contribution in [2.45, 2.75) is 6.42 Å².